The molecule has 0 aliphatic carbocycles. The maximum absolute atomic E-state index is 13.1. The van der Waals surface area contributed by atoms with Crippen LogP contribution in [0.25, 0.3) is 0 Å². The fourth-order valence-corrected chi connectivity index (χ4v) is 3.74. The number of benzene rings is 2. The molecule has 0 bridgehead atoms. The summed E-state index contributed by atoms with van der Waals surface area (Å²) in [4.78, 5) is 28.5. The van der Waals surface area contributed by atoms with Gasteiger partial charge in [-0.15, -0.1) is 0 Å². The molecule has 2 aromatic carbocycles. The van der Waals surface area contributed by atoms with Crippen LogP contribution in [-0.2, 0) is 28.7 Å². The van der Waals surface area contributed by atoms with Crippen molar-refractivity contribution < 1.29 is 32.2 Å². The minimum atomic E-state index is -4.65. The van der Waals surface area contributed by atoms with Crippen LogP contribution in [0.2, 0.25) is 5.02 Å². The van der Waals surface area contributed by atoms with Crippen molar-refractivity contribution in [2.24, 2.45) is 0 Å². The van der Waals surface area contributed by atoms with Crippen LogP contribution in [0, 0.1) is 0 Å². The van der Waals surface area contributed by atoms with Crippen molar-refractivity contribution in [2.45, 2.75) is 25.3 Å². The summed E-state index contributed by atoms with van der Waals surface area (Å²) in [5, 5.41) is 4.49. The lowest BCUT2D eigenvalue weighted by atomic mass is 9.98. The fraction of sp³-hybridized carbons (Fsp3) is 0.208. The maximum Gasteiger partial charge on any atom is 0.417 e. The molecule has 0 spiro atoms. The van der Waals surface area contributed by atoms with E-state index >= 15 is 0 Å². The molecule has 2 amide bonds. The minimum absolute atomic E-state index is 0.0391. The van der Waals surface area contributed by atoms with Gasteiger partial charge in [0.2, 0.25) is 0 Å². The number of halogens is 4. The second-order valence-corrected chi connectivity index (χ2v) is 8.08. The zero-order valence-electron chi connectivity index (χ0n) is 18.3. The first-order valence-corrected chi connectivity index (χ1v) is 10.8. The fourth-order valence-electron chi connectivity index (χ4n) is 3.52. The number of fused-ring (bicyclic) bond motifs is 1. The van der Waals surface area contributed by atoms with Gasteiger partial charge in [-0.25, -0.2) is 0 Å². The zero-order valence-corrected chi connectivity index (χ0v) is 19.0. The lowest BCUT2D eigenvalue weighted by molar-refractivity contribution is -0.137. The highest BCUT2D eigenvalue weighted by atomic mass is 35.5. The Morgan fingerprint density at radius 2 is 1.86 bits per heavy atom. The van der Waals surface area contributed by atoms with E-state index in [0.717, 1.165) is 23.3 Å². The van der Waals surface area contributed by atoms with Crippen molar-refractivity contribution in [1.82, 2.24) is 10.3 Å². The number of aromatic nitrogens is 1. The molecule has 1 aromatic heterocycles. The second kappa shape index (κ2) is 9.93. The Kier molecular flexibility index (Phi) is 6.95. The molecule has 0 fully saturated rings. The number of carbonyl (C=O) groups is 2. The van der Waals surface area contributed by atoms with Gasteiger partial charge >= 0.3 is 6.18 Å². The quantitative estimate of drug-likeness (QED) is 0.510. The Balaban J connectivity index is 1.47. The van der Waals surface area contributed by atoms with Crippen molar-refractivity contribution in [3.8, 4) is 11.5 Å². The smallest absolute Gasteiger partial charge is 0.417 e. The first-order valence-electron chi connectivity index (χ1n) is 10.4. The third kappa shape index (κ3) is 5.72. The molecule has 0 saturated heterocycles. The molecule has 0 saturated carbocycles. The molecule has 1 aliphatic heterocycles. The number of hydrogen-bond donors (Lipinski definition) is 2. The Hall–Kier alpha value is -3.63. The van der Waals surface area contributed by atoms with E-state index in [1.54, 1.807) is 24.3 Å². The van der Waals surface area contributed by atoms with Crippen LogP contribution in [0.15, 0.2) is 54.7 Å². The molecule has 182 valence electrons. The van der Waals surface area contributed by atoms with E-state index in [9.17, 15) is 22.8 Å². The second-order valence-electron chi connectivity index (χ2n) is 7.67. The van der Waals surface area contributed by atoms with E-state index in [4.69, 9.17) is 21.1 Å². The monoisotopic (exact) mass is 505 g/mol. The van der Waals surface area contributed by atoms with E-state index in [2.05, 4.69) is 15.6 Å². The number of nitrogens with zero attached hydrogens (tertiary/aromatic N) is 1. The van der Waals surface area contributed by atoms with Gasteiger partial charge in [-0.1, -0.05) is 17.7 Å². The summed E-state index contributed by atoms with van der Waals surface area (Å²) in [6.07, 6.45) is -3.92. The van der Waals surface area contributed by atoms with E-state index in [-0.39, 0.29) is 30.3 Å². The Labute approximate surface area is 203 Å². The number of pyridine rings is 1. The van der Waals surface area contributed by atoms with Gasteiger partial charge in [0.05, 0.1) is 17.2 Å². The van der Waals surface area contributed by atoms with E-state index in [0.29, 0.717) is 11.5 Å². The summed E-state index contributed by atoms with van der Waals surface area (Å²) in [5.41, 5.74) is 0.769. The van der Waals surface area contributed by atoms with Crippen molar-refractivity contribution in [2.75, 3.05) is 12.4 Å². The Bertz CT molecular complexity index is 1280. The SMILES string of the molecule is CNC(=O)c1cc(Oc2ccc3c(c2)CC(C(=O)Nc2ccc(Cl)c(C(F)(F)F)c2)OC3)ccn1. The predicted molar refractivity (Wildman–Crippen MR) is 122 cm³/mol. The Morgan fingerprint density at radius 3 is 2.60 bits per heavy atom. The van der Waals surface area contributed by atoms with E-state index in [1.807, 2.05) is 0 Å². The first kappa shape index (κ1) is 24.5. The molecule has 3 aromatic rings. The summed E-state index contributed by atoms with van der Waals surface area (Å²) in [5.74, 6) is -0.0498. The molecule has 1 unspecified atom stereocenters. The van der Waals surface area contributed by atoms with Crippen molar-refractivity contribution in [3.05, 3.63) is 82.1 Å². The third-order valence-corrected chi connectivity index (χ3v) is 5.61. The number of alkyl halides is 3. The van der Waals surface area contributed by atoms with Gasteiger partial charge in [0.15, 0.2) is 0 Å². The normalized spacial score (nSPS) is 15.2. The number of carbonyl (C=O) groups excluding carboxylic acids is 2. The van der Waals surface area contributed by atoms with Gasteiger partial charge in [-0.05, 0) is 47.5 Å². The van der Waals surface area contributed by atoms with Crippen LogP contribution in [-0.4, -0.2) is 29.9 Å². The average molecular weight is 506 g/mol. The number of amides is 2. The summed E-state index contributed by atoms with van der Waals surface area (Å²) in [7, 11) is 1.50. The van der Waals surface area contributed by atoms with Crippen LogP contribution >= 0.6 is 11.6 Å². The molecule has 1 aliphatic rings. The van der Waals surface area contributed by atoms with Crippen LogP contribution in [0.4, 0.5) is 18.9 Å². The molecule has 2 heterocycles. The van der Waals surface area contributed by atoms with Gasteiger partial charge in [0, 0.05) is 31.4 Å². The number of anilines is 1. The summed E-state index contributed by atoms with van der Waals surface area (Å²) >= 11 is 5.63. The average Bonchev–Trinajstić information content (AvgIpc) is 2.83. The number of ether oxygens (including phenoxy) is 2. The van der Waals surface area contributed by atoms with Gasteiger partial charge in [-0.2, -0.15) is 13.2 Å². The van der Waals surface area contributed by atoms with Crippen LogP contribution in [0.3, 0.4) is 0 Å². The lowest BCUT2D eigenvalue weighted by Gasteiger charge is -2.25. The predicted octanol–water partition coefficient (Wildman–Crippen LogP) is 4.99. The van der Waals surface area contributed by atoms with Crippen molar-refractivity contribution >= 4 is 29.1 Å². The number of rotatable bonds is 5. The first-order chi connectivity index (χ1) is 16.6. The minimum Gasteiger partial charge on any atom is -0.457 e. The van der Waals surface area contributed by atoms with Crippen molar-refractivity contribution in [3.63, 3.8) is 0 Å². The molecule has 0 radical (unpaired) electrons. The summed E-state index contributed by atoms with van der Waals surface area (Å²) < 4.78 is 50.8. The van der Waals surface area contributed by atoms with Gasteiger partial charge in [0.1, 0.15) is 23.3 Å². The third-order valence-electron chi connectivity index (χ3n) is 5.28. The van der Waals surface area contributed by atoms with Crippen LogP contribution in [0.5, 0.6) is 11.5 Å². The highest BCUT2D eigenvalue weighted by Gasteiger charge is 2.34. The topological polar surface area (TPSA) is 89.5 Å². The number of nitrogens with one attached hydrogen (secondary N) is 2. The van der Waals surface area contributed by atoms with Crippen LogP contribution in [0.1, 0.15) is 27.2 Å². The van der Waals surface area contributed by atoms with Gasteiger partial charge in [-0.3, -0.25) is 14.6 Å². The summed E-state index contributed by atoms with van der Waals surface area (Å²) in [6, 6.07) is 11.5. The van der Waals surface area contributed by atoms with Gasteiger partial charge in [0.25, 0.3) is 11.8 Å². The van der Waals surface area contributed by atoms with Crippen molar-refractivity contribution in [1.29, 1.82) is 0 Å². The standard InChI is InChI=1S/C24H19ClF3N3O4/c1-29-22(32)20-11-17(6-7-30-20)35-16-4-2-13-12-34-21(9-14(13)8-16)23(33)31-15-3-5-19(25)18(10-15)24(26,27)28/h2-8,10-11,21H,9,12H2,1H3,(H,29,32)(H,31,33). The highest BCUT2D eigenvalue weighted by molar-refractivity contribution is 6.31. The number of hydrogen-bond acceptors (Lipinski definition) is 5. The molecular formula is C24H19ClF3N3O4. The molecule has 35 heavy (non-hydrogen) atoms. The largest absolute Gasteiger partial charge is 0.457 e. The molecule has 2 N–H and O–H groups in total. The lowest BCUT2D eigenvalue weighted by Crippen LogP contribution is -2.35. The molecule has 7 nitrogen and oxygen atoms in total. The van der Waals surface area contributed by atoms with E-state index < -0.39 is 28.8 Å². The Morgan fingerprint density at radius 1 is 1.09 bits per heavy atom. The highest BCUT2D eigenvalue weighted by Crippen LogP contribution is 2.36. The van der Waals surface area contributed by atoms with Gasteiger partial charge < -0.3 is 20.1 Å². The molecule has 1 atom stereocenters. The van der Waals surface area contributed by atoms with E-state index in [1.165, 1.54) is 25.4 Å². The maximum atomic E-state index is 13.1. The molecular weight excluding hydrogens is 487 g/mol. The molecule has 4 rings (SSSR count). The van der Waals surface area contributed by atoms with Crippen LogP contribution < -0.4 is 15.4 Å². The molecule has 11 heteroatoms. The zero-order chi connectivity index (χ0) is 25.2. The summed E-state index contributed by atoms with van der Waals surface area (Å²) in [6.45, 7) is 0.151.